The number of aryl methyl sites for hydroxylation is 1. The molecule has 0 saturated heterocycles. The minimum Gasteiger partial charge on any atom is -0.488 e. The second-order valence-electron chi connectivity index (χ2n) is 9.01. The molecule has 180 valence electrons. The molecule has 1 amide bonds. The van der Waals surface area contributed by atoms with Crippen LogP contribution >= 0.6 is 0 Å². The average Bonchev–Trinajstić information content (AvgIpc) is 2.76. The number of fused-ring (bicyclic) bond motifs is 1. The SMILES string of the molecule is Cc1ccc(S(=O)(=O)Nc2ccc3c(c2)C(=O)N([C@H](C)CO)C[C@@H](C)[C@@H](CN(C)C)O3)cc1. The molecule has 9 heteroatoms. The number of carbonyl (C=O) groups excluding carboxylic acids is 1. The van der Waals surface area contributed by atoms with Crippen molar-refractivity contribution < 1.29 is 23.1 Å². The van der Waals surface area contributed by atoms with Gasteiger partial charge in [-0.05, 0) is 58.3 Å². The van der Waals surface area contributed by atoms with Crippen LogP contribution in [0.25, 0.3) is 0 Å². The van der Waals surface area contributed by atoms with E-state index in [4.69, 9.17) is 4.74 Å². The third-order valence-electron chi connectivity index (χ3n) is 5.79. The van der Waals surface area contributed by atoms with Gasteiger partial charge in [0.25, 0.3) is 15.9 Å². The van der Waals surface area contributed by atoms with Gasteiger partial charge in [0, 0.05) is 24.7 Å². The Balaban J connectivity index is 2.00. The van der Waals surface area contributed by atoms with Crippen LogP contribution in [0.5, 0.6) is 5.75 Å². The monoisotopic (exact) mass is 475 g/mol. The van der Waals surface area contributed by atoms with Gasteiger partial charge in [-0.15, -0.1) is 0 Å². The molecule has 0 aliphatic carbocycles. The van der Waals surface area contributed by atoms with E-state index in [9.17, 15) is 18.3 Å². The average molecular weight is 476 g/mol. The molecule has 0 unspecified atom stereocenters. The van der Waals surface area contributed by atoms with Gasteiger partial charge >= 0.3 is 0 Å². The predicted octanol–water partition coefficient (Wildman–Crippen LogP) is 2.58. The standard InChI is InChI=1S/C24H33N3O5S/c1-16-6-9-20(10-7-16)33(30,31)25-19-8-11-22-21(12-19)24(29)27(18(3)15-28)13-17(2)23(32-22)14-26(4)5/h6-12,17-18,23,25,28H,13-15H2,1-5H3/t17-,18-,23-/m1/s1. The second kappa shape index (κ2) is 10.1. The van der Waals surface area contributed by atoms with Gasteiger partial charge < -0.3 is 19.6 Å². The number of amides is 1. The van der Waals surface area contributed by atoms with Crippen molar-refractivity contribution in [1.82, 2.24) is 9.80 Å². The molecule has 2 N–H and O–H groups in total. The number of hydrogen-bond acceptors (Lipinski definition) is 6. The number of nitrogens with zero attached hydrogens (tertiary/aromatic N) is 2. The first kappa shape index (κ1) is 25.0. The van der Waals surface area contributed by atoms with E-state index in [1.54, 1.807) is 36.1 Å². The van der Waals surface area contributed by atoms with Gasteiger partial charge in [0.15, 0.2) is 0 Å². The van der Waals surface area contributed by atoms with Crippen LogP contribution in [0.4, 0.5) is 5.69 Å². The van der Waals surface area contributed by atoms with Crippen molar-refractivity contribution in [3.63, 3.8) is 0 Å². The highest BCUT2D eigenvalue weighted by atomic mass is 32.2. The van der Waals surface area contributed by atoms with E-state index in [2.05, 4.69) is 4.72 Å². The Labute approximate surface area is 196 Å². The number of anilines is 1. The summed E-state index contributed by atoms with van der Waals surface area (Å²) in [6.07, 6.45) is -0.185. The fourth-order valence-electron chi connectivity index (χ4n) is 3.80. The first-order chi connectivity index (χ1) is 15.5. The van der Waals surface area contributed by atoms with E-state index in [0.717, 1.165) is 5.56 Å². The maximum absolute atomic E-state index is 13.4. The van der Waals surface area contributed by atoms with Crippen molar-refractivity contribution in [2.75, 3.05) is 38.5 Å². The number of nitrogens with one attached hydrogen (secondary N) is 1. The topological polar surface area (TPSA) is 99.2 Å². The molecule has 0 spiro atoms. The molecule has 0 radical (unpaired) electrons. The highest BCUT2D eigenvalue weighted by Crippen LogP contribution is 2.31. The molecule has 1 heterocycles. The van der Waals surface area contributed by atoms with Crippen LogP contribution in [-0.4, -0.2) is 75.2 Å². The third kappa shape index (κ3) is 5.85. The van der Waals surface area contributed by atoms with E-state index < -0.39 is 10.0 Å². The smallest absolute Gasteiger partial charge is 0.261 e. The molecule has 0 aromatic heterocycles. The predicted molar refractivity (Wildman–Crippen MR) is 128 cm³/mol. The summed E-state index contributed by atoms with van der Waals surface area (Å²) in [7, 11) is 0.0899. The number of sulfonamides is 1. The molecule has 0 bridgehead atoms. The Hall–Kier alpha value is -2.62. The van der Waals surface area contributed by atoms with Gasteiger partial charge in [0.2, 0.25) is 0 Å². The summed E-state index contributed by atoms with van der Waals surface area (Å²) in [5.41, 5.74) is 1.48. The lowest BCUT2D eigenvalue weighted by Crippen LogP contribution is -2.49. The summed E-state index contributed by atoms with van der Waals surface area (Å²) < 4.78 is 34.5. The number of aliphatic hydroxyl groups is 1. The quantitative estimate of drug-likeness (QED) is 0.639. The lowest BCUT2D eigenvalue weighted by molar-refractivity contribution is 0.0363. The Morgan fingerprint density at radius 1 is 1.21 bits per heavy atom. The zero-order valence-electron chi connectivity index (χ0n) is 19.8. The molecular weight excluding hydrogens is 442 g/mol. The van der Waals surface area contributed by atoms with Crippen LogP contribution < -0.4 is 9.46 Å². The van der Waals surface area contributed by atoms with Gasteiger partial charge in [-0.3, -0.25) is 9.52 Å². The van der Waals surface area contributed by atoms with E-state index in [0.29, 0.717) is 18.8 Å². The Morgan fingerprint density at radius 3 is 2.48 bits per heavy atom. The van der Waals surface area contributed by atoms with Gasteiger partial charge in [-0.1, -0.05) is 24.6 Å². The molecule has 0 fully saturated rings. The zero-order chi connectivity index (χ0) is 24.3. The minimum atomic E-state index is -3.82. The van der Waals surface area contributed by atoms with Crippen molar-refractivity contribution in [3.8, 4) is 5.75 Å². The Morgan fingerprint density at radius 2 is 1.88 bits per heavy atom. The summed E-state index contributed by atoms with van der Waals surface area (Å²) in [6.45, 7) is 6.59. The molecule has 8 nitrogen and oxygen atoms in total. The largest absolute Gasteiger partial charge is 0.488 e. The molecule has 3 atom stereocenters. The van der Waals surface area contributed by atoms with Crippen LogP contribution in [0.15, 0.2) is 47.4 Å². The molecule has 0 saturated carbocycles. The van der Waals surface area contributed by atoms with Crippen molar-refractivity contribution in [2.24, 2.45) is 5.92 Å². The maximum Gasteiger partial charge on any atom is 0.261 e. The summed E-state index contributed by atoms with van der Waals surface area (Å²) in [6, 6.07) is 10.9. The molecule has 33 heavy (non-hydrogen) atoms. The number of likely N-dealkylation sites (N-methyl/N-ethyl adjacent to an activating group) is 1. The number of ether oxygens (including phenoxy) is 1. The molecular formula is C24H33N3O5S. The Kier molecular flexibility index (Phi) is 7.66. The summed E-state index contributed by atoms with van der Waals surface area (Å²) in [5, 5.41) is 9.74. The van der Waals surface area contributed by atoms with Crippen molar-refractivity contribution in [2.45, 2.75) is 37.8 Å². The van der Waals surface area contributed by atoms with Gasteiger partial charge in [-0.25, -0.2) is 8.42 Å². The van der Waals surface area contributed by atoms with Crippen LogP contribution in [0.1, 0.15) is 29.8 Å². The lowest BCUT2D eigenvalue weighted by Gasteiger charge is -2.37. The van der Waals surface area contributed by atoms with E-state index in [1.807, 2.05) is 32.8 Å². The first-order valence-electron chi connectivity index (χ1n) is 11.0. The summed E-state index contributed by atoms with van der Waals surface area (Å²) >= 11 is 0. The minimum absolute atomic E-state index is 0.0261. The number of benzene rings is 2. The van der Waals surface area contributed by atoms with E-state index >= 15 is 0 Å². The maximum atomic E-state index is 13.4. The van der Waals surface area contributed by atoms with E-state index in [-0.39, 0.29) is 46.7 Å². The second-order valence-corrected chi connectivity index (χ2v) is 10.7. The fourth-order valence-corrected chi connectivity index (χ4v) is 4.84. The van der Waals surface area contributed by atoms with Gasteiger partial charge in [-0.2, -0.15) is 0 Å². The lowest BCUT2D eigenvalue weighted by atomic mass is 9.99. The van der Waals surface area contributed by atoms with Gasteiger partial charge in [0.05, 0.1) is 23.1 Å². The van der Waals surface area contributed by atoms with Crippen molar-refractivity contribution in [1.29, 1.82) is 0 Å². The zero-order valence-corrected chi connectivity index (χ0v) is 20.6. The highest BCUT2D eigenvalue weighted by Gasteiger charge is 2.33. The van der Waals surface area contributed by atoms with E-state index in [1.165, 1.54) is 18.2 Å². The van der Waals surface area contributed by atoms with Gasteiger partial charge in [0.1, 0.15) is 11.9 Å². The summed E-state index contributed by atoms with van der Waals surface area (Å²) in [5.74, 6) is 0.114. The molecule has 2 aromatic carbocycles. The number of rotatable bonds is 7. The number of hydrogen-bond donors (Lipinski definition) is 2. The summed E-state index contributed by atoms with van der Waals surface area (Å²) in [4.78, 5) is 17.2. The molecule has 3 rings (SSSR count). The third-order valence-corrected chi connectivity index (χ3v) is 7.19. The number of aliphatic hydroxyl groups excluding tert-OH is 1. The number of carbonyl (C=O) groups is 1. The van der Waals surface area contributed by atoms with Crippen molar-refractivity contribution in [3.05, 3.63) is 53.6 Å². The van der Waals surface area contributed by atoms with Crippen LogP contribution in [0.2, 0.25) is 0 Å². The molecule has 2 aromatic rings. The van der Waals surface area contributed by atoms with Crippen LogP contribution in [0.3, 0.4) is 0 Å². The van der Waals surface area contributed by atoms with Crippen molar-refractivity contribution >= 4 is 21.6 Å². The molecule has 1 aliphatic rings. The Bertz CT molecular complexity index is 1090. The molecule has 1 aliphatic heterocycles. The highest BCUT2D eigenvalue weighted by molar-refractivity contribution is 7.92. The van der Waals surface area contributed by atoms with Crippen LogP contribution in [-0.2, 0) is 10.0 Å². The fraction of sp³-hybridized carbons (Fsp3) is 0.458. The van der Waals surface area contributed by atoms with Crippen LogP contribution in [0, 0.1) is 12.8 Å². The normalized spacial score (nSPS) is 20.0. The first-order valence-corrected chi connectivity index (χ1v) is 12.5.